The maximum Gasteiger partial charge on any atom is 0.309 e. The summed E-state index contributed by atoms with van der Waals surface area (Å²) in [6, 6.07) is -3.68. The van der Waals surface area contributed by atoms with Crippen LogP contribution in [0.4, 0.5) is 0 Å². The van der Waals surface area contributed by atoms with E-state index in [4.69, 9.17) is 26.1 Å². The second-order valence-electron chi connectivity index (χ2n) is 18.9. The Morgan fingerprint density at radius 2 is 1.20 bits per heavy atom. The first-order valence-electron chi connectivity index (χ1n) is 27.1. The molecule has 1 aliphatic heterocycles. The minimum atomic E-state index is -1.54. The fourth-order valence-electron chi connectivity index (χ4n) is 8.36. The van der Waals surface area contributed by atoms with Crippen LogP contribution >= 0.6 is 0 Å². The highest BCUT2D eigenvalue weighted by atomic mass is 16.6. The molecule has 400 valence electrons. The fourth-order valence-corrected chi connectivity index (χ4v) is 8.36. The quantitative estimate of drug-likeness (QED) is 0.0226. The van der Waals surface area contributed by atoms with Crippen LogP contribution in [0.15, 0.2) is 0 Å². The molecule has 8 atom stereocenters. The number of methoxy groups -OCH3 is 1. The number of primary amides is 1. The third kappa shape index (κ3) is 31.2. The number of amides is 4. The van der Waals surface area contributed by atoms with Gasteiger partial charge in [-0.2, -0.15) is 0 Å². The Kier molecular flexibility index (Phi) is 35.4. The molecule has 1 aliphatic rings. The van der Waals surface area contributed by atoms with E-state index in [9.17, 15) is 38.7 Å². The second-order valence-corrected chi connectivity index (χ2v) is 18.9. The smallest absolute Gasteiger partial charge is 0.309 e. The first-order valence-corrected chi connectivity index (χ1v) is 26.6. The van der Waals surface area contributed by atoms with Crippen molar-refractivity contribution in [2.24, 2.45) is 5.73 Å². The second kappa shape index (κ2) is 39.8. The zero-order valence-electron chi connectivity index (χ0n) is 44.4. The molecule has 1 fully saturated rings. The molecule has 17 nitrogen and oxygen atoms in total. The maximum atomic E-state index is 13.4. The van der Waals surface area contributed by atoms with Crippen LogP contribution in [0.2, 0.25) is 1.41 Å². The predicted octanol–water partition coefficient (Wildman–Crippen LogP) is 7.48. The molecule has 17 heteroatoms. The molecule has 0 spiro atoms. The van der Waals surface area contributed by atoms with Crippen molar-refractivity contribution in [1.29, 1.82) is 0 Å². The highest BCUT2D eigenvalue weighted by molar-refractivity contribution is 5.92. The molecule has 1 saturated heterocycles. The molecule has 0 radical (unpaired) electrons. The Bertz CT molecular complexity index is 1490. The Morgan fingerprint density at radius 3 is 1.70 bits per heavy atom. The lowest BCUT2D eigenvalue weighted by Gasteiger charge is -2.41. The zero-order valence-corrected chi connectivity index (χ0v) is 43.4. The van der Waals surface area contributed by atoms with Crippen molar-refractivity contribution in [3.8, 4) is 0 Å². The zero-order chi connectivity index (χ0) is 52.1. The van der Waals surface area contributed by atoms with Gasteiger partial charge in [0, 0.05) is 19.8 Å². The minimum Gasteiger partial charge on any atom is -0.469 e. The van der Waals surface area contributed by atoms with Crippen molar-refractivity contribution >= 4 is 41.5 Å². The molecule has 0 aromatic rings. The summed E-state index contributed by atoms with van der Waals surface area (Å²) in [7, 11) is 1.17. The van der Waals surface area contributed by atoms with Gasteiger partial charge in [0.15, 0.2) is 1.41 Å². The normalized spacial score (nSPS) is 18.7. The average molecular weight is 984 g/mol. The first kappa shape index (κ1) is 61.3. The van der Waals surface area contributed by atoms with Gasteiger partial charge in [0.05, 0.1) is 26.2 Å². The van der Waals surface area contributed by atoms with Gasteiger partial charge in [0.25, 0.3) is 0 Å². The van der Waals surface area contributed by atoms with E-state index >= 15 is 0 Å². The molecule has 1 rings (SSSR count). The minimum absolute atomic E-state index is 0.165. The van der Waals surface area contributed by atoms with Gasteiger partial charge >= 0.3 is 17.9 Å². The molecule has 0 unspecified atom stereocenters. The van der Waals surface area contributed by atoms with E-state index in [0.717, 1.165) is 51.4 Å². The van der Waals surface area contributed by atoms with Crippen molar-refractivity contribution in [3.05, 3.63) is 0 Å². The molecule has 0 aliphatic carbocycles. The molecular weight excluding hydrogens is 889 g/mol. The summed E-state index contributed by atoms with van der Waals surface area (Å²) in [5, 5.41) is 16.8. The van der Waals surface area contributed by atoms with Crippen LogP contribution in [0, 0.1) is 0 Å². The average Bonchev–Trinajstić information content (AvgIpc) is 3.32. The number of hydrogen-bond donors (Lipinski definition) is 5. The number of hydrogen-bond acceptors (Lipinski definition) is 13. The Labute approximate surface area is 415 Å². The van der Waals surface area contributed by atoms with Crippen LogP contribution in [-0.4, -0.2) is 116 Å². The summed E-state index contributed by atoms with van der Waals surface area (Å²) < 4.78 is 36.2. The molecule has 0 aromatic carbocycles. The van der Waals surface area contributed by atoms with E-state index in [1.54, 1.807) is 0 Å². The summed E-state index contributed by atoms with van der Waals surface area (Å²) in [5.41, 5.74) is 5.38. The van der Waals surface area contributed by atoms with Gasteiger partial charge in [-0.05, 0) is 39.5 Å². The SMILES string of the molecule is [2H]N(C(=O)[C@@H](C)O[C@H]1[C@H](O)[C@@H](COC(=O)C[C@@H](CCCCCCCCCCCCC)OC(=O)CCCCCCCCCCCCCCC)OC[C@@H]1NC(C)=O)[C@@H](C)C(=O)N[C@@H](CCC(=O)OC)C(N)=O. The molecule has 69 heavy (non-hydrogen) atoms. The Balaban J connectivity index is 2.83. The predicted molar refractivity (Wildman–Crippen MR) is 265 cm³/mol. The Morgan fingerprint density at radius 1 is 0.696 bits per heavy atom. The van der Waals surface area contributed by atoms with Gasteiger partial charge < -0.3 is 50.5 Å². The van der Waals surface area contributed by atoms with E-state index in [1.165, 1.54) is 131 Å². The summed E-state index contributed by atoms with van der Waals surface area (Å²) in [6.07, 6.45) is 22.5. The number of esters is 3. The third-order valence-electron chi connectivity index (χ3n) is 12.6. The number of unbranched alkanes of at least 4 members (excludes halogenated alkanes) is 22. The largest absolute Gasteiger partial charge is 0.469 e. The molecule has 0 aromatic heterocycles. The van der Waals surface area contributed by atoms with Crippen molar-refractivity contribution < 1.29 is 63.8 Å². The molecule has 0 saturated carbocycles. The highest BCUT2D eigenvalue weighted by Crippen LogP contribution is 2.23. The third-order valence-corrected chi connectivity index (χ3v) is 12.6. The topological polar surface area (TPSA) is 248 Å². The number of nitrogens with two attached hydrogens (primary N) is 1. The van der Waals surface area contributed by atoms with Gasteiger partial charge in [0.1, 0.15) is 49.2 Å². The van der Waals surface area contributed by atoms with Gasteiger partial charge in [-0.3, -0.25) is 33.6 Å². The van der Waals surface area contributed by atoms with Crippen LogP contribution in [0.3, 0.4) is 0 Å². The number of nitrogens with one attached hydrogen (secondary N) is 3. The molecule has 1 heterocycles. The lowest BCUT2D eigenvalue weighted by Crippen LogP contribution is -2.62. The van der Waals surface area contributed by atoms with Crippen LogP contribution in [0.5, 0.6) is 0 Å². The van der Waals surface area contributed by atoms with Crippen molar-refractivity contribution in [2.45, 2.75) is 269 Å². The fraction of sp³-hybridized carbons (Fsp3) is 0.865. The Hall–Kier alpha value is -3.83. The number of carbonyl (C=O) groups excluding carboxylic acids is 7. The molecule has 6 N–H and O–H groups in total. The maximum absolute atomic E-state index is 13.4. The van der Waals surface area contributed by atoms with E-state index in [0.29, 0.717) is 11.7 Å². The number of carbonyl (C=O) groups is 7. The van der Waals surface area contributed by atoms with E-state index in [-0.39, 0.29) is 38.3 Å². The van der Waals surface area contributed by atoms with E-state index in [1.807, 2.05) is 0 Å². The summed E-state index contributed by atoms with van der Waals surface area (Å²) in [6.45, 7) is 7.65. The lowest BCUT2D eigenvalue weighted by molar-refractivity contribution is -0.198. The van der Waals surface area contributed by atoms with Crippen molar-refractivity contribution in [1.82, 2.24) is 15.9 Å². The summed E-state index contributed by atoms with van der Waals surface area (Å²) in [4.78, 5) is 88.3. The first-order chi connectivity index (χ1) is 33.6. The number of ether oxygens (including phenoxy) is 5. The van der Waals surface area contributed by atoms with Crippen LogP contribution < -0.4 is 21.7 Å². The van der Waals surface area contributed by atoms with E-state index < -0.39 is 90.8 Å². The van der Waals surface area contributed by atoms with Crippen LogP contribution in [0.25, 0.3) is 0 Å². The number of aliphatic hydroxyl groups excluding tert-OH is 1. The van der Waals surface area contributed by atoms with Gasteiger partial charge in [-0.1, -0.05) is 155 Å². The standard InChI is InChI=1S/C52H94N4O13/c1-7-9-11-13-15-17-19-20-22-24-26-28-30-32-46(59)69-41(31-29-27-25-23-21-18-16-14-12-10-8-2)35-47(60)67-37-44-48(61)49(43(36-66-44)55-40(5)57)68-39(4)52(64)54-38(3)51(63)56-42(50(53)62)33-34-45(58)65-6/h38-39,41-44,48-49,61H,7-37H2,1-6H3,(H2,53,62)(H,54,64)(H,55,57)(H,56,63)/t38-,39+,41+,42-,43-,44+,48+,49+/m0/s1/i/hD. The lowest BCUT2D eigenvalue weighted by atomic mass is 9.97. The summed E-state index contributed by atoms with van der Waals surface area (Å²) in [5.74, 6) is -4.92. The van der Waals surface area contributed by atoms with E-state index in [2.05, 4.69) is 29.2 Å². The molecular formula is C52H94N4O13. The number of aliphatic hydroxyl groups is 1. The van der Waals surface area contributed by atoms with Crippen molar-refractivity contribution in [3.63, 3.8) is 0 Å². The summed E-state index contributed by atoms with van der Waals surface area (Å²) >= 11 is 0. The highest BCUT2D eigenvalue weighted by Gasteiger charge is 2.43. The van der Waals surface area contributed by atoms with Crippen LogP contribution in [-0.2, 0) is 57.2 Å². The monoisotopic (exact) mass is 984 g/mol. The van der Waals surface area contributed by atoms with Crippen LogP contribution in [0.1, 0.15) is 221 Å². The molecule has 4 amide bonds. The van der Waals surface area contributed by atoms with Gasteiger partial charge in [0.2, 0.25) is 23.6 Å². The van der Waals surface area contributed by atoms with Gasteiger partial charge in [-0.15, -0.1) is 0 Å². The van der Waals surface area contributed by atoms with Crippen molar-refractivity contribution in [2.75, 3.05) is 20.3 Å². The van der Waals surface area contributed by atoms with Gasteiger partial charge in [-0.25, -0.2) is 0 Å². The number of rotatable bonds is 42. The molecule has 0 bridgehead atoms.